The van der Waals surface area contributed by atoms with Crippen LogP contribution < -0.4 is 18.9 Å². The Labute approximate surface area is 90.4 Å². The Balaban J connectivity index is 0.000000845. The number of aryl methyl sites for hydroxylation is 1. The minimum atomic E-state index is 0. The van der Waals surface area contributed by atoms with Crippen LogP contribution in [0.25, 0.3) is 10.9 Å². The van der Waals surface area contributed by atoms with Gasteiger partial charge in [-0.3, -0.25) is 4.98 Å². The molecule has 0 N–H and O–H groups in total. The van der Waals surface area contributed by atoms with Gasteiger partial charge in [-0.05, 0) is 18.7 Å². The maximum Gasteiger partial charge on any atom is 1.00 e. The SMILES string of the molecule is [CH2-]c1cc(C)nc2ccccc12.[Li+]. The third kappa shape index (κ3) is 1.88. The van der Waals surface area contributed by atoms with Crippen LogP contribution in [0.3, 0.4) is 0 Å². The molecule has 2 rings (SSSR count). The fourth-order valence-corrected chi connectivity index (χ4v) is 1.39. The molecular formula is C11H10LiN. The zero-order chi connectivity index (χ0) is 8.55. The molecular weight excluding hydrogens is 153 g/mol. The average Bonchev–Trinajstić information content (AvgIpc) is 2.04. The van der Waals surface area contributed by atoms with Crippen molar-refractivity contribution in [3.8, 4) is 0 Å². The van der Waals surface area contributed by atoms with Crippen molar-refractivity contribution in [1.82, 2.24) is 4.98 Å². The minimum Gasteiger partial charge on any atom is -0.280 e. The second-order valence-electron chi connectivity index (χ2n) is 2.94. The summed E-state index contributed by atoms with van der Waals surface area (Å²) in [6.45, 7) is 5.96. The first-order valence-electron chi connectivity index (χ1n) is 3.96. The fourth-order valence-electron chi connectivity index (χ4n) is 1.39. The molecule has 13 heavy (non-hydrogen) atoms. The first-order valence-corrected chi connectivity index (χ1v) is 3.96. The van der Waals surface area contributed by atoms with Crippen molar-refractivity contribution in [2.24, 2.45) is 0 Å². The summed E-state index contributed by atoms with van der Waals surface area (Å²) in [5.41, 5.74) is 3.11. The molecule has 0 aliphatic carbocycles. The maximum atomic E-state index is 4.40. The summed E-state index contributed by atoms with van der Waals surface area (Å²) in [6, 6.07) is 10.1. The van der Waals surface area contributed by atoms with Gasteiger partial charge in [0.1, 0.15) is 0 Å². The van der Waals surface area contributed by atoms with Crippen LogP contribution in [-0.4, -0.2) is 4.98 Å². The van der Waals surface area contributed by atoms with Gasteiger partial charge < -0.3 is 0 Å². The number of para-hydroxylation sites is 1. The van der Waals surface area contributed by atoms with E-state index in [-0.39, 0.29) is 18.9 Å². The summed E-state index contributed by atoms with van der Waals surface area (Å²) in [4.78, 5) is 4.40. The summed E-state index contributed by atoms with van der Waals surface area (Å²) < 4.78 is 0. The minimum absolute atomic E-state index is 0. The van der Waals surface area contributed by atoms with E-state index >= 15 is 0 Å². The van der Waals surface area contributed by atoms with Gasteiger partial charge in [0.05, 0.1) is 0 Å². The Morgan fingerprint density at radius 1 is 1.23 bits per heavy atom. The molecule has 0 spiro atoms. The summed E-state index contributed by atoms with van der Waals surface area (Å²) in [5.74, 6) is 0. The number of aromatic nitrogens is 1. The molecule has 1 aromatic carbocycles. The molecule has 0 atom stereocenters. The molecule has 0 saturated carbocycles. The summed E-state index contributed by atoms with van der Waals surface area (Å²) in [6.07, 6.45) is 0. The van der Waals surface area contributed by atoms with E-state index in [0.717, 1.165) is 22.2 Å². The summed E-state index contributed by atoms with van der Waals surface area (Å²) in [7, 11) is 0. The van der Waals surface area contributed by atoms with Crippen molar-refractivity contribution < 1.29 is 18.9 Å². The van der Waals surface area contributed by atoms with E-state index in [1.807, 2.05) is 37.3 Å². The van der Waals surface area contributed by atoms with Crippen LogP contribution >= 0.6 is 0 Å². The average molecular weight is 163 g/mol. The number of benzene rings is 1. The summed E-state index contributed by atoms with van der Waals surface area (Å²) in [5, 5.41) is 1.14. The van der Waals surface area contributed by atoms with Gasteiger partial charge in [-0.2, -0.15) is 12.5 Å². The van der Waals surface area contributed by atoms with E-state index in [4.69, 9.17) is 0 Å². The fraction of sp³-hybridized carbons (Fsp3) is 0.0909. The zero-order valence-electron chi connectivity index (χ0n) is 8.04. The van der Waals surface area contributed by atoms with Gasteiger partial charge >= 0.3 is 18.9 Å². The molecule has 1 heterocycles. The third-order valence-electron chi connectivity index (χ3n) is 1.93. The zero-order valence-corrected chi connectivity index (χ0v) is 8.04. The molecule has 0 amide bonds. The van der Waals surface area contributed by atoms with Crippen molar-refractivity contribution in [3.63, 3.8) is 0 Å². The number of fused-ring (bicyclic) bond motifs is 1. The van der Waals surface area contributed by atoms with Crippen molar-refractivity contribution in [2.75, 3.05) is 0 Å². The molecule has 2 aromatic rings. The predicted octanol–water partition coefficient (Wildman–Crippen LogP) is -0.271. The van der Waals surface area contributed by atoms with Gasteiger partial charge in [-0.1, -0.05) is 12.1 Å². The van der Waals surface area contributed by atoms with E-state index in [0.29, 0.717) is 0 Å². The Morgan fingerprint density at radius 3 is 2.69 bits per heavy atom. The van der Waals surface area contributed by atoms with Gasteiger partial charge in [0.2, 0.25) is 0 Å². The van der Waals surface area contributed by atoms with Crippen LogP contribution in [0.15, 0.2) is 30.3 Å². The van der Waals surface area contributed by atoms with E-state index in [9.17, 15) is 0 Å². The smallest absolute Gasteiger partial charge is 0.280 e. The van der Waals surface area contributed by atoms with E-state index in [1.165, 1.54) is 0 Å². The topological polar surface area (TPSA) is 12.9 Å². The van der Waals surface area contributed by atoms with Crippen LogP contribution in [0, 0.1) is 13.8 Å². The normalized spacial score (nSPS) is 9.62. The van der Waals surface area contributed by atoms with Crippen molar-refractivity contribution in [3.05, 3.63) is 48.5 Å². The molecule has 0 saturated heterocycles. The molecule has 1 nitrogen and oxygen atoms in total. The van der Waals surface area contributed by atoms with Crippen LogP contribution in [0.4, 0.5) is 0 Å². The molecule has 0 radical (unpaired) electrons. The van der Waals surface area contributed by atoms with Gasteiger partial charge in [0.25, 0.3) is 0 Å². The first-order chi connectivity index (χ1) is 5.77. The molecule has 0 fully saturated rings. The Hall–Kier alpha value is -0.903. The molecule has 1 aromatic heterocycles. The van der Waals surface area contributed by atoms with Gasteiger partial charge in [-0.15, -0.1) is 17.5 Å². The van der Waals surface area contributed by atoms with Crippen LogP contribution in [0.1, 0.15) is 11.3 Å². The Morgan fingerprint density at radius 2 is 1.92 bits per heavy atom. The number of rotatable bonds is 0. The largest absolute Gasteiger partial charge is 1.00 e. The van der Waals surface area contributed by atoms with Crippen molar-refractivity contribution in [2.45, 2.75) is 6.92 Å². The standard InChI is InChI=1S/C11H10N.Li/c1-8-7-9(2)12-11-6-4-3-5-10(8)11;/h3-7H,1H2,2H3;/q-1;+1. The van der Waals surface area contributed by atoms with E-state index < -0.39 is 0 Å². The quantitative estimate of drug-likeness (QED) is 0.385. The van der Waals surface area contributed by atoms with Crippen molar-refractivity contribution in [1.29, 1.82) is 0 Å². The van der Waals surface area contributed by atoms with E-state index in [1.54, 1.807) is 0 Å². The number of hydrogen-bond donors (Lipinski definition) is 0. The van der Waals surface area contributed by atoms with Crippen molar-refractivity contribution >= 4 is 10.9 Å². The van der Waals surface area contributed by atoms with E-state index in [2.05, 4.69) is 11.9 Å². The van der Waals surface area contributed by atoms with Gasteiger partial charge in [-0.25, -0.2) is 0 Å². The molecule has 0 aliphatic heterocycles. The first kappa shape index (κ1) is 10.2. The van der Waals surface area contributed by atoms with Crippen LogP contribution in [0.2, 0.25) is 0 Å². The second kappa shape index (κ2) is 3.87. The van der Waals surface area contributed by atoms with Gasteiger partial charge in [0.15, 0.2) is 0 Å². The summed E-state index contributed by atoms with van der Waals surface area (Å²) >= 11 is 0. The van der Waals surface area contributed by atoms with Crippen LogP contribution in [-0.2, 0) is 0 Å². The monoisotopic (exact) mass is 163 g/mol. The van der Waals surface area contributed by atoms with Crippen LogP contribution in [0.5, 0.6) is 0 Å². The number of pyridine rings is 1. The second-order valence-corrected chi connectivity index (χ2v) is 2.94. The maximum absolute atomic E-state index is 4.40. The van der Waals surface area contributed by atoms with Gasteiger partial charge in [0, 0.05) is 5.52 Å². The number of hydrogen-bond acceptors (Lipinski definition) is 1. The third-order valence-corrected chi connectivity index (χ3v) is 1.93. The molecule has 60 valence electrons. The Bertz CT molecular complexity index is 423. The molecule has 2 heteroatoms. The molecule has 0 unspecified atom stereocenters. The Kier molecular flexibility index (Phi) is 3.03. The molecule has 0 aliphatic rings. The number of nitrogens with zero attached hydrogens (tertiary/aromatic N) is 1. The predicted molar refractivity (Wildman–Crippen MR) is 50.9 cm³/mol. The molecule has 0 bridgehead atoms.